The Morgan fingerprint density at radius 2 is 1.47 bits per heavy atom. The lowest BCUT2D eigenvalue weighted by atomic mass is 9.77. The Morgan fingerprint density at radius 1 is 0.684 bits per heavy atom. The highest BCUT2D eigenvalue weighted by Gasteiger charge is 2.14. The van der Waals surface area contributed by atoms with E-state index in [2.05, 4.69) is 18.2 Å². The average Bonchev–Trinajstić information content (AvgIpc) is 2.47. The van der Waals surface area contributed by atoms with Crippen molar-refractivity contribution in [3.05, 3.63) is 66.7 Å². The molecule has 3 heteroatoms. The molecule has 2 nitrogen and oxygen atoms in total. The zero-order chi connectivity index (χ0) is 13.2. The quantitative estimate of drug-likeness (QED) is 0.682. The van der Waals surface area contributed by atoms with Gasteiger partial charge in [0.25, 0.3) is 0 Å². The van der Waals surface area contributed by atoms with Crippen LogP contribution in [0.5, 0.6) is 0 Å². The topological polar surface area (TPSA) is 40.5 Å². The zero-order valence-electron chi connectivity index (χ0n) is 10.3. The molecule has 3 aromatic carbocycles. The lowest BCUT2D eigenvalue weighted by Gasteiger charge is -2.08. The third kappa shape index (κ3) is 2.26. The summed E-state index contributed by atoms with van der Waals surface area (Å²) in [6, 6.07) is 21.7. The summed E-state index contributed by atoms with van der Waals surface area (Å²) >= 11 is 0. The number of rotatable bonds is 2. The first kappa shape index (κ1) is 12.0. The van der Waals surface area contributed by atoms with Crippen LogP contribution >= 0.6 is 0 Å². The standard InChI is InChI=1S/C16H13BO2/c18-17(19)16-8-4-7-14-11-13(9-10-15(14)16)12-5-2-1-3-6-12/h1-11,18-19H. The molecule has 0 unspecified atom stereocenters. The Hall–Kier alpha value is -2.10. The summed E-state index contributed by atoms with van der Waals surface area (Å²) in [5, 5.41) is 20.6. The van der Waals surface area contributed by atoms with E-state index >= 15 is 0 Å². The van der Waals surface area contributed by atoms with E-state index in [1.807, 2.05) is 42.5 Å². The Bertz CT molecular complexity index is 708. The van der Waals surface area contributed by atoms with Gasteiger partial charge in [-0.15, -0.1) is 0 Å². The van der Waals surface area contributed by atoms with E-state index < -0.39 is 7.12 Å². The van der Waals surface area contributed by atoms with Gasteiger partial charge in [-0.3, -0.25) is 0 Å². The Balaban J connectivity index is 2.18. The predicted molar refractivity (Wildman–Crippen MR) is 79.2 cm³/mol. The van der Waals surface area contributed by atoms with Gasteiger partial charge in [-0.05, 0) is 33.4 Å². The molecule has 0 atom stereocenters. The first-order valence-electron chi connectivity index (χ1n) is 6.20. The van der Waals surface area contributed by atoms with Crippen LogP contribution in [0.25, 0.3) is 21.9 Å². The summed E-state index contributed by atoms with van der Waals surface area (Å²) in [6.45, 7) is 0. The summed E-state index contributed by atoms with van der Waals surface area (Å²) in [7, 11) is -1.44. The average molecular weight is 248 g/mol. The Morgan fingerprint density at radius 3 is 2.21 bits per heavy atom. The molecule has 0 aliphatic rings. The SMILES string of the molecule is OB(O)c1cccc2cc(-c3ccccc3)ccc12. The van der Waals surface area contributed by atoms with Gasteiger partial charge < -0.3 is 10.0 Å². The van der Waals surface area contributed by atoms with Crippen molar-refractivity contribution in [3.63, 3.8) is 0 Å². The molecule has 3 aromatic rings. The van der Waals surface area contributed by atoms with Crippen LogP contribution in [0.1, 0.15) is 0 Å². The van der Waals surface area contributed by atoms with Crippen molar-refractivity contribution < 1.29 is 10.0 Å². The van der Waals surface area contributed by atoms with Gasteiger partial charge in [0, 0.05) is 0 Å². The van der Waals surface area contributed by atoms with Gasteiger partial charge in [0.05, 0.1) is 0 Å². The summed E-state index contributed by atoms with van der Waals surface area (Å²) in [5.74, 6) is 0. The summed E-state index contributed by atoms with van der Waals surface area (Å²) in [4.78, 5) is 0. The van der Waals surface area contributed by atoms with Crippen molar-refractivity contribution in [1.29, 1.82) is 0 Å². The van der Waals surface area contributed by atoms with Gasteiger partial charge in [0.1, 0.15) is 0 Å². The molecule has 0 radical (unpaired) electrons. The van der Waals surface area contributed by atoms with E-state index in [4.69, 9.17) is 0 Å². The Labute approximate surface area is 112 Å². The fourth-order valence-electron chi connectivity index (χ4n) is 2.34. The normalized spacial score (nSPS) is 10.6. The number of fused-ring (bicyclic) bond motifs is 1. The molecule has 0 aliphatic carbocycles. The molecule has 19 heavy (non-hydrogen) atoms. The van der Waals surface area contributed by atoms with Crippen molar-refractivity contribution in [2.45, 2.75) is 0 Å². The van der Waals surface area contributed by atoms with Crippen molar-refractivity contribution in [2.24, 2.45) is 0 Å². The van der Waals surface area contributed by atoms with Crippen LogP contribution in [-0.2, 0) is 0 Å². The monoisotopic (exact) mass is 248 g/mol. The zero-order valence-corrected chi connectivity index (χ0v) is 10.3. The number of benzene rings is 3. The van der Waals surface area contributed by atoms with Gasteiger partial charge in [0.15, 0.2) is 0 Å². The molecule has 0 amide bonds. The van der Waals surface area contributed by atoms with Crippen LogP contribution in [0.15, 0.2) is 66.7 Å². The lowest BCUT2D eigenvalue weighted by molar-refractivity contribution is 0.426. The molecule has 0 aromatic heterocycles. The largest absolute Gasteiger partial charge is 0.489 e. The van der Waals surface area contributed by atoms with Crippen LogP contribution in [0.4, 0.5) is 0 Å². The maximum absolute atomic E-state index is 9.36. The molecule has 92 valence electrons. The molecule has 0 spiro atoms. The first-order valence-corrected chi connectivity index (χ1v) is 6.20. The molecule has 0 saturated carbocycles. The molecule has 2 N–H and O–H groups in total. The van der Waals surface area contributed by atoms with E-state index in [9.17, 15) is 10.0 Å². The van der Waals surface area contributed by atoms with Crippen LogP contribution < -0.4 is 5.46 Å². The fraction of sp³-hybridized carbons (Fsp3) is 0. The van der Waals surface area contributed by atoms with Gasteiger partial charge in [-0.1, -0.05) is 60.7 Å². The van der Waals surface area contributed by atoms with Crippen molar-refractivity contribution in [2.75, 3.05) is 0 Å². The molecule has 0 saturated heterocycles. The molecular weight excluding hydrogens is 235 g/mol. The minimum Gasteiger partial charge on any atom is -0.423 e. The molecule has 0 heterocycles. The van der Waals surface area contributed by atoms with Crippen LogP contribution in [0.3, 0.4) is 0 Å². The van der Waals surface area contributed by atoms with E-state index in [-0.39, 0.29) is 0 Å². The van der Waals surface area contributed by atoms with E-state index in [0.717, 1.165) is 21.9 Å². The van der Waals surface area contributed by atoms with Gasteiger partial charge in [-0.25, -0.2) is 0 Å². The van der Waals surface area contributed by atoms with Crippen molar-refractivity contribution in [1.82, 2.24) is 0 Å². The van der Waals surface area contributed by atoms with Crippen molar-refractivity contribution in [3.8, 4) is 11.1 Å². The summed E-state index contributed by atoms with van der Waals surface area (Å²) in [5.41, 5.74) is 2.81. The maximum atomic E-state index is 9.36. The molecule has 3 rings (SSSR count). The highest BCUT2D eigenvalue weighted by Crippen LogP contribution is 2.23. The summed E-state index contributed by atoms with van der Waals surface area (Å²) < 4.78 is 0. The van der Waals surface area contributed by atoms with E-state index in [0.29, 0.717) is 5.46 Å². The highest BCUT2D eigenvalue weighted by molar-refractivity contribution is 6.62. The van der Waals surface area contributed by atoms with E-state index in [1.54, 1.807) is 6.07 Å². The molecule has 0 aliphatic heterocycles. The van der Waals surface area contributed by atoms with Crippen molar-refractivity contribution >= 4 is 23.4 Å². The summed E-state index contributed by atoms with van der Waals surface area (Å²) in [6.07, 6.45) is 0. The minimum absolute atomic E-state index is 0.539. The predicted octanol–water partition coefficient (Wildman–Crippen LogP) is 2.19. The highest BCUT2D eigenvalue weighted by atomic mass is 16.4. The minimum atomic E-state index is -1.44. The van der Waals surface area contributed by atoms with Crippen LogP contribution in [0.2, 0.25) is 0 Å². The van der Waals surface area contributed by atoms with E-state index in [1.165, 1.54) is 0 Å². The Kier molecular flexibility index (Phi) is 3.07. The maximum Gasteiger partial charge on any atom is 0.489 e. The second kappa shape index (κ2) is 4.88. The molecular formula is C16H13BO2. The van der Waals surface area contributed by atoms with Gasteiger partial charge in [0.2, 0.25) is 0 Å². The number of hydrogen-bond donors (Lipinski definition) is 2. The number of hydrogen-bond acceptors (Lipinski definition) is 2. The van der Waals surface area contributed by atoms with Crippen LogP contribution in [0, 0.1) is 0 Å². The first-order chi connectivity index (χ1) is 9.25. The smallest absolute Gasteiger partial charge is 0.423 e. The second-order valence-electron chi connectivity index (χ2n) is 4.52. The van der Waals surface area contributed by atoms with Gasteiger partial charge >= 0.3 is 7.12 Å². The third-order valence-electron chi connectivity index (χ3n) is 3.30. The lowest BCUT2D eigenvalue weighted by Crippen LogP contribution is -2.30. The van der Waals surface area contributed by atoms with Gasteiger partial charge in [-0.2, -0.15) is 0 Å². The fourth-order valence-corrected chi connectivity index (χ4v) is 2.34. The molecule has 0 bridgehead atoms. The van der Waals surface area contributed by atoms with Crippen LogP contribution in [-0.4, -0.2) is 17.2 Å². The molecule has 0 fully saturated rings. The third-order valence-corrected chi connectivity index (χ3v) is 3.30. The second-order valence-corrected chi connectivity index (χ2v) is 4.52.